The average Bonchev–Trinajstić information content (AvgIpc) is 3.02. The summed E-state index contributed by atoms with van der Waals surface area (Å²) in [4.78, 5) is 28.6. The van der Waals surface area contributed by atoms with E-state index in [1.807, 2.05) is 6.07 Å². The summed E-state index contributed by atoms with van der Waals surface area (Å²) >= 11 is 1.28. The maximum Gasteiger partial charge on any atom is 0.337 e. The SMILES string of the molecule is COC(=O)c1ccc2c(c1)sc(=NC(=O)CCCS(=O)(=O)Cc1ccccc1)n2C. The standard InChI is InChI=1S/C21H22N2O5S2/c1-23-17-11-10-16(20(25)28-2)13-18(17)29-21(23)22-19(24)9-6-12-30(26,27)14-15-7-4-3-5-8-15/h3-5,7-8,10-11,13H,6,9,12,14H2,1-2H3. The lowest BCUT2D eigenvalue weighted by Crippen LogP contribution is -2.14. The second-order valence-corrected chi connectivity index (χ2v) is 10.00. The number of esters is 1. The number of carbonyl (C=O) groups is 2. The minimum absolute atomic E-state index is 0.0347. The van der Waals surface area contributed by atoms with Gasteiger partial charge in [0.05, 0.1) is 34.4 Å². The number of sulfone groups is 1. The molecule has 7 nitrogen and oxygen atoms in total. The topological polar surface area (TPSA) is 94.8 Å². The second kappa shape index (κ2) is 9.36. The molecule has 3 rings (SSSR count). The van der Waals surface area contributed by atoms with E-state index in [1.54, 1.807) is 54.1 Å². The number of hydrogen-bond acceptors (Lipinski definition) is 6. The van der Waals surface area contributed by atoms with Gasteiger partial charge >= 0.3 is 5.97 Å². The minimum Gasteiger partial charge on any atom is -0.465 e. The third-order valence-electron chi connectivity index (χ3n) is 4.53. The van der Waals surface area contributed by atoms with Crippen LogP contribution in [-0.2, 0) is 32.2 Å². The highest BCUT2D eigenvalue weighted by Crippen LogP contribution is 2.19. The van der Waals surface area contributed by atoms with Gasteiger partial charge < -0.3 is 9.30 Å². The summed E-state index contributed by atoms with van der Waals surface area (Å²) in [5.41, 5.74) is 2.00. The monoisotopic (exact) mass is 446 g/mol. The first-order chi connectivity index (χ1) is 14.3. The van der Waals surface area contributed by atoms with Crippen LogP contribution < -0.4 is 4.80 Å². The quantitative estimate of drug-likeness (QED) is 0.520. The molecule has 0 radical (unpaired) electrons. The molecule has 0 aliphatic carbocycles. The molecule has 0 saturated heterocycles. The highest BCUT2D eigenvalue weighted by molar-refractivity contribution is 7.90. The van der Waals surface area contributed by atoms with Crippen molar-refractivity contribution in [1.82, 2.24) is 4.57 Å². The van der Waals surface area contributed by atoms with E-state index in [1.165, 1.54) is 18.4 Å². The van der Waals surface area contributed by atoms with Gasteiger partial charge in [-0.3, -0.25) is 4.79 Å². The summed E-state index contributed by atoms with van der Waals surface area (Å²) < 4.78 is 31.8. The molecular formula is C21H22N2O5S2. The van der Waals surface area contributed by atoms with Gasteiger partial charge in [-0.1, -0.05) is 41.7 Å². The number of fused-ring (bicyclic) bond motifs is 1. The van der Waals surface area contributed by atoms with Crippen molar-refractivity contribution in [1.29, 1.82) is 0 Å². The van der Waals surface area contributed by atoms with Gasteiger partial charge in [-0.15, -0.1) is 0 Å². The number of thiazole rings is 1. The summed E-state index contributed by atoms with van der Waals surface area (Å²) in [7, 11) is -0.183. The fourth-order valence-electron chi connectivity index (χ4n) is 2.99. The Morgan fingerprint density at radius 3 is 2.57 bits per heavy atom. The van der Waals surface area contributed by atoms with Crippen LogP contribution in [0.2, 0.25) is 0 Å². The number of aromatic nitrogens is 1. The van der Waals surface area contributed by atoms with Crippen molar-refractivity contribution in [2.24, 2.45) is 12.0 Å². The normalized spacial score (nSPS) is 12.3. The smallest absolute Gasteiger partial charge is 0.337 e. The van der Waals surface area contributed by atoms with Crippen molar-refractivity contribution in [2.45, 2.75) is 18.6 Å². The number of rotatable bonds is 7. The van der Waals surface area contributed by atoms with E-state index in [9.17, 15) is 18.0 Å². The van der Waals surface area contributed by atoms with Gasteiger partial charge in [-0.25, -0.2) is 13.2 Å². The molecule has 1 aromatic heterocycles. The Balaban J connectivity index is 1.66. The van der Waals surface area contributed by atoms with Crippen molar-refractivity contribution in [3.63, 3.8) is 0 Å². The fourth-order valence-corrected chi connectivity index (χ4v) is 5.50. The predicted molar refractivity (Wildman–Crippen MR) is 116 cm³/mol. The molecule has 0 N–H and O–H groups in total. The van der Waals surface area contributed by atoms with Crippen LogP contribution in [0.3, 0.4) is 0 Å². The zero-order valence-corrected chi connectivity index (χ0v) is 18.3. The molecule has 0 saturated carbocycles. The molecule has 2 aromatic carbocycles. The lowest BCUT2D eigenvalue weighted by Gasteiger charge is -2.03. The van der Waals surface area contributed by atoms with Crippen LogP contribution in [0.25, 0.3) is 10.2 Å². The Labute approximate surface area is 178 Å². The van der Waals surface area contributed by atoms with Crippen molar-refractivity contribution in [2.75, 3.05) is 12.9 Å². The van der Waals surface area contributed by atoms with Crippen LogP contribution >= 0.6 is 11.3 Å². The van der Waals surface area contributed by atoms with Crippen LogP contribution in [0.15, 0.2) is 53.5 Å². The zero-order chi connectivity index (χ0) is 21.7. The first-order valence-corrected chi connectivity index (χ1v) is 11.9. The number of nitrogens with zero attached hydrogens (tertiary/aromatic N) is 2. The number of hydrogen-bond donors (Lipinski definition) is 0. The molecule has 0 bridgehead atoms. The summed E-state index contributed by atoms with van der Waals surface area (Å²) in [6, 6.07) is 14.1. The van der Waals surface area contributed by atoms with Gasteiger partial charge in [0.25, 0.3) is 0 Å². The van der Waals surface area contributed by atoms with Gasteiger partial charge in [0.15, 0.2) is 14.6 Å². The van der Waals surface area contributed by atoms with E-state index in [0.29, 0.717) is 10.4 Å². The lowest BCUT2D eigenvalue weighted by atomic mass is 10.2. The number of ether oxygens (including phenoxy) is 1. The summed E-state index contributed by atoms with van der Waals surface area (Å²) in [5, 5.41) is 0. The van der Waals surface area contributed by atoms with E-state index in [2.05, 4.69) is 4.99 Å². The third-order valence-corrected chi connectivity index (χ3v) is 7.30. The molecule has 3 aromatic rings. The summed E-state index contributed by atoms with van der Waals surface area (Å²) in [5.74, 6) is -0.906. The maximum atomic E-state index is 12.3. The zero-order valence-electron chi connectivity index (χ0n) is 16.7. The summed E-state index contributed by atoms with van der Waals surface area (Å²) in [6.45, 7) is 0. The van der Waals surface area contributed by atoms with Crippen molar-refractivity contribution < 1.29 is 22.7 Å². The number of benzene rings is 2. The van der Waals surface area contributed by atoms with E-state index in [4.69, 9.17) is 4.74 Å². The molecule has 1 heterocycles. The molecule has 9 heteroatoms. The average molecular weight is 447 g/mol. The van der Waals surface area contributed by atoms with Gasteiger partial charge in [-0.05, 0) is 30.2 Å². The molecule has 0 fully saturated rings. The number of aryl methyl sites for hydroxylation is 1. The Morgan fingerprint density at radius 1 is 1.13 bits per heavy atom. The molecule has 30 heavy (non-hydrogen) atoms. The highest BCUT2D eigenvalue weighted by atomic mass is 32.2. The molecule has 0 spiro atoms. The molecule has 0 atom stereocenters. The van der Waals surface area contributed by atoms with Crippen LogP contribution in [0.4, 0.5) is 0 Å². The first-order valence-electron chi connectivity index (χ1n) is 9.29. The van der Waals surface area contributed by atoms with Gasteiger partial charge in [0.1, 0.15) is 0 Å². The third kappa shape index (κ3) is 5.43. The Hall–Kier alpha value is -2.78. The van der Waals surface area contributed by atoms with Crippen molar-refractivity contribution >= 4 is 43.3 Å². The minimum atomic E-state index is -3.29. The van der Waals surface area contributed by atoms with E-state index < -0.39 is 15.8 Å². The van der Waals surface area contributed by atoms with Crippen LogP contribution in [0, 0.1) is 0 Å². The number of methoxy groups -OCH3 is 1. The van der Waals surface area contributed by atoms with Crippen LogP contribution in [-0.4, -0.2) is 37.7 Å². The van der Waals surface area contributed by atoms with Crippen LogP contribution in [0.1, 0.15) is 28.8 Å². The molecule has 158 valence electrons. The van der Waals surface area contributed by atoms with Crippen molar-refractivity contribution in [3.8, 4) is 0 Å². The first kappa shape index (κ1) is 21.9. The maximum absolute atomic E-state index is 12.3. The van der Waals surface area contributed by atoms with Crippen LogP contribution in [0.5, 0.6) is 0 Å². The molecule has 1 amide bonds. The second-order valence-electron chi connectivity index (χ2n) is 6.80. The number of amides is 1. The van der Waals surface area contributed by atoms with E-state index >= 15 is 0 Å². The summed E-state index contributed by atoms with van der Waals surface area (Å²) in [6.07, 6.45) is 0.272. The molecular weight excluding hydrogens is 424 g/mol. The van der Waals surface area contributed by atoms with Gasteiger partial charge in [0.2, 0.25) is 5.91 Å². The predicted octanol–water partition coefficient (Wildman–Crippen LogP) is 2.85. The van der Waals surface area contributed by atoms with Gasteiger partial charge in [-0.2, -0.15) is 4.99 Å². The van der Waals surface area contributed by atoms with Gasteiger partial charge in [0, 0.05) is 13.5 Å². The molecule has 0 aliphatic rings. The number of carbonyl (C=O) groups excluding carboxylic acids is 2. The molecule has 0 unspecified atom stereocenters. The molecule has 0 aliphatic heterocycles. The van der Waals surface area contributed by atoms with Crippen molar-refractivity contribution in [3.05, 3.63) is 64.5 Å². The largest absolute Gasteiger partial charge is 0.465 e. The Kier molecular flexibility index (Phi) is 6.84. The lowest BCUT2D eigenvalue weighted by molar-refractivity contribution is -0.118. The fraction of sp³-hybridized carbons (Fsp3) is 0.286. The highest BCUT2D eigenvalue weighted by Gasteiger charge is 2.14. The Bertz CT molecular complexity index is 1240. The van der Waals surface area contributed by atoms with E-state index in [0.717, 1.165) is 15.8 Å². The van der Waals surface area contributed by atoms with E-state index in [-0.39, 0.29) is 30.3 Å². The Morgan fingerprint density at radius 2 is 1.87 bits per heavy atom.